The van der Waals surface area contributed by atoms with Gasteiger partial charge in [0, 0.05) is 6.04 Å². The highest BCUT2D eigenvalue weighted by Gasteiger charge is 2.05. The SMILES string of the molecule is Cc1cc(C)cc(OC(C)CCCNC(C)C)c1. The van der Waals surface area contributed by atoms with Crippen molar-refractivity contribution in [3.63, 3.8) is 0 Å². The molecule has 0 aliphatic rings. The van der Waals surface area contributed by atoms with Crippen molar-refractivity contribution in [3.8, 4) is 5.75 Å². The molecule has 1 rings (SSSR count). The van der Waals surface area contributed by atoms with Crippen LogP contribution in [0.4, 0.5) is 0 Å². The molecule has 2 nitrogen and oxygen atoms in total. The maximum Gasteiger partial charge on any atom is 0.120 e. The van der Waals surface area contributed by atoms with Crippen LogP contribution in [0.1, 0.15) is 44.7 Å². The van der Waals surface area contributed by atoms with E-state index in [0.29, 0.717) is 6.04 Å². The Morgan fingerprint density at radius 2 is 1.67 bits per heavy atom. The number of benzene rings is 1. The number of hydrogen-bond donors (Lipinski definition) is 1. The second-order valence-corrected chi connectivity index (χ2v) is 5.50. The van der Waals surface area contributed by atoms with E-state index in [1.54, 1.807) is 0 Å². The molecule has 102 valence electrons. The van der Waals surface area contributed by atoms with Crippen LogP contribution >= 0.6 is 0 Å². The zero-order chi connectivity index (χ0) is 13.5. The van der Waals surface area contributed by atoms with Crippen LogP contribution in [0.2, 0.25) is 0 Å². The van der Waals surface area contributed by atoms with Gasteiger partial charge in [-0.15, -0.1) is 0 Å². The van der Waals surface area contributed by atoms with E-state index >= 15 is 0 Å². The lowest BCUT2D eigenvalue weighted by Gasteiger charge is -2.16. The van der Waals surface area contributed by atoms with Crippen molar-refractivity contribution in [2.24, 2.45) is 0 Å². The van der Waals surface area contributed by atoms with Crippen molar-refractivity contribution in [2.45, 2.75) is 59.6 Å². The topological polar surface area (TPSA) is 21.3 Å². The number of ether oxygens (including phenoxy) is 1. The quantitative estimate of drug-likeness (QED) is 0.741. The van der Waals surface area contributed by atoms with Crippen LogP contribution in [0.25, 0.3) is 0 Å². The normalized spacial score (nSPS) is 12.8. The second kappa shape index (κ2) is 7.42. The number of rotatable bonds is 7. The minimum Gasteiger partial charge on any atom is -0.491 e. The third kappa shape index (κ3) is 6.06. The molecule has 0 spiro atoms. The largest absolute Gasteiger partial charge is 0.491 e. The van der Waals surface area contributed by atoms with Crippen molar-refractivity contribution in [2.75, 3.05) is 6.54 Å². The summed E-state index contributed by atoms with van der Waals surface area (Å²) in [4.78, 5) is 0. The second-order valence-electron chi connectivity index (χ2n) is 5.50. The maximum atomic E-state index is 5.96. The summed E-state index contributed by atoms with van der Waals surface area (Å²) in [5, 5.41) is 3.43. The lowest BCUT2D eigenvalue weighted by Crippen LogP contribution is -2.25. The molecule has 0 bridgehead atoms. The van der Waals surface area contributed by atoms with Gasteiger partial charge < -0.3 is 10.1 Å². The van der Waals surface area contributed by atoms with Gasteiger partial charge in [-0.2, -0.15) is 0 Å². The van der Waals surface area contributed by atoms with Crippen LogP contribution in [0, 0.1) is 13.8 Å². The molecule has 0 heterocycles. The highest BCUT2D eigenvalue weighted by Crippen LogP contribution is 2.18. The molecule has 0 fully saturated rings. The molecule has 0 aliphatic heterocycles. The molecule has 0 aromatic heterocycles. The number of nitrogens with one attached hydrogen (secondary N) is 1. The molecular weight excluding hydrogens is 222 g/mol. The summed E-state index contributed by atoms with van der Waals surface area (Å²) in [6.45, 7) is 11.8. The summed E-state index contributed by atoms with van der Waals surface area (Å²) in [5.41, 5.74) is 2.53. The van der Waals surface area contributed by atoms with Gasteiger partial charge in [0.1, 0.15) is 5.75 Å². The molecule has 1 atom stereocenters. The first-order valence-electron chi connectivity index (χ1n) is 6.95. The van der Waals surface area contributed by atoms with Crippen LogP contribution in [0.3, 0.4) is 0 Å². The van der Waals surface area contributed by atoms with Gasteiger partial charge in [0.15, 0.2) is 0 Å². The molecule has 0 saturated carbocycles. The van der Waals surface area contributed by atoms with Gasteiger partial charge in [0.2, 0.25) is 0 Å². The molecule has 1 aromatic rings. The highest BCUT2D eigenvalue weighted by atomic mass is 16.5. The summed E-state index contributed by atoms with van der Waals surface area (Å²) in [6, 6.07) is 6.95. The van der Waals surface area contributed by atoms with Crippen LogP contribution < -0.4 is 10.1 Å². The van der Waals surface area contributed by atoms with E-state index in [1.165, 1.54) is 11.1 Å². The highest BCUT2D eigenvalue weighted by molar-refractivity contribution is 5.33. The molecule has 0 amide bonds. The number of hydrogen-bond acceptors (Lipinski definition) is 2. The van der Waals surface area contributed by atoms with Crippen molar-refractivity contribution in [1.29, 1.82) is 0 Å². The lowest BCUT2D eigenvalue weighted by atomic mass is 10.1. The van der Waals surface area contributed by atoms with Crippen molar-refractivity contribution in [1.82, 2.24) is 5.32 Å². The van der Waals surface area contributed by atoms with E-state index in [1.807, 2.05) is 0 Å². The molecule has 1 unspecified atom stereocenters. The Morgan fingerprint density at radius 3 is 2.22 bits per heavy atom. The van der Waals surface area contributed by atoms with E-state index in [4.69, 9.17) is 4.74 Å². The Balaban J connectivity index is 2.33. The van der Waals surface area contributed by atoms with Gasteiger partial charge in [0.25, 0.3) is 0 Å². The molecule has 1 N–H and O–H groups in total. The van der Waals surface area contributed by atoms with Gasteiger partial charge in [-0.3, -0.25) is 0 Å². The predicted octanol–water partition coefficient (Wildman–Crippen LogP) is 3.85. The van der Waals surface area contributed by atoms with E-state index in [9.17, 15) is 0 Å². The first-order valence-corrected chi connectivity index (χ1v) is 6.95. The molecule has 0 radical (unpaired) electrons. The predicted molar refractivity (Wildman–Crippen MR) is 78.4 cm³/mol. The minimum atomic E-state index is 0.278. The van der Waals surface area contributed by atoms with Crippen LogP contribution in [0.5, 0.6) is 5.75 Å². The molecule has 18 heavy (non-hydrogen) atoms. The Bertz CT molecular complexity index is 340. The van der Waals surface area contributed by atoms with Gasteiger partial charge in [0.05, 0.1) is 6.10 Å². The zero-order valence-electron chi connectivity index (χ0n) is 12.4. The Morgan fingerprint density at radius 1 is 1.06 bits per heavy atom. The Kier molecular flexibility index (Phi) is 6.20. The Hall–Kier alpha value is -1.02. The summed E-state index contributed by atoms with van der Waals surface area (Å²) < 4.78 is 5.96. The first-order chi connectivity index (χ1) is 8.47. The van der Waals surface area contributed by atoms with Gasteiger partial charge in [-0.1, -0.05) is 19.9 Å². The van der Waals surface area contributed by atoms with Crippen LogP contribution in [0.15, 0.2) is 18.2 Å². The molecule has 2 heteroatoms. The Labute approximate surface area is 112 Å². The van der Waals surface area contributed by atoms with Crippen molar-refractivity contribution in [3.05, 3.63) is 29.3 Å². The molecule has 0 aliphatic carbocycles. The minimum absolute atomic E-state index is 0.278. The lowest BCUT2D eigenvalue weighted by molar-refractivity contribution is 0.207. The third-order valence-corrected chi connectivity index (χ3v) is 2.87. The van der Waals surface area contributed by atoms with Gasteiger partial charge in [-0.25, -0.2) is 0 Å². The third-order valence-electron chi connectivity index (χ3n) is 2.87. The molecule has 0 saturated heterocycles. The van der Waals surface area contributed by atoms with Crippen LogP contribution in [-0.2, 0) is 0 Å². The average molecular weight is 249 g/mol. The van der Waals surface area contributed by atoms with E-state index in [2.05, 4.69) is 58.1 Å². The standard InChI is InChI=1S/C16H27NO/c1-12(2)17-8-6-7-15(5)18-16-10-13(3)9-14(4)11-16/h9-12,15,17H,6-8H2,1-5H3. The first kappa shape index (κ1) is 15.0. The zero-order valence-corrected chi connectivity index (χ0v) is 12.4. The summed E-state index contributed by atoms with van der Waals surface area (Å²) in [7, 11) is 0. The average Bonchev–Trinajstić information content (AvgIpc) is 2.22. The maximum absolute atomic E-state index is 5.96. The summed E-state index contributed by atoms with van der Waals surface area (Å²) >= 11 is 0. The van der Waals surface area contributed by atoms with Gasteiger partial charge >= 0.3 is 0 Å². The van der Waals surface area contributed by atoms with Crippen molar-refractivity contribution >= 4 is 0 Å². The van der Waals surface area contributed by atoms with Crippen LogP contribution in [-0.4, -0.2) is 18.7 Å². The fraction of sp³-hybridized carbons (Fsp3) is 0.625. The van der Waals surface area contributed by atoms with E-state index in [0.717, 1.165) is 25.1 Å². The monoisotopic (exact) mass is 249 g/mol. The fourth-order valence-electron chi connectivity index (χ4n) is 2.07. The molecule has 1 aromatic carbocycles. The summed E-state index contributed by atoms with van der Waals surface area (Å²) in [6.07, 6.45) is 2.52. The van der Waals surface area contributed by atoms with Crippen molar-refractivity contribution < 1.29 is 4.74 Å². The summed E-state index contributed by atoms with van der Waals surface area (Å²) in [5.74, 6) is 0.997. The fourth-order valence-corrected chi connectivity index (χ4v) is 2.07. The van der Waals surface area contributed by atoms with E-state index in [-0.39, 0.29) is 6.10 Å². The smallest absolute Gasteiger partial charge is 0.120 e. The van der Waals surface area contributed by atoms with Gasteiger partial charge in [-0.05, 0) is 63.4 Å². The number of aryl methyl sites for hydroxylation is 2. The molecular formula is C16H27NO. The van der Waals surface area contributed by atoms with E-state index < -0.39 is 0 Å².